The monoisotopic (exact) mass is 267 g/mol. The molecule has 0 spiro atoms. The molecule has 0 aromatic heterocycles. The highest BCUT2D eigenvalue weighted by molar-refractivity contribution is 5.95. The number of primary amides is 1. The average Bonchev–Trinajstić information content (AvgIpc) is 2.37. The first-order valence-electron chi connectivity index (χ1n) is 5.27. The zero-order valence-electron chi connectivity index (χ0n) is 9.88. The molecule has 0 aliphatic rings. The summed E-state index contributed by atoms with van der Waals surface area (Å²) in [5.41, 5.74) is 6.96. The van der Waals surface area contributed by atoms with Gasteiger partial charge in [-0.25, -0.2) is 0 Å². The van der Waals surface area contributed by atoms with Crippen molar-refractivity contribution in [1.29, 1.82) is 0 Å². The third kappa shape index (κ3) is 3.92. The van der Waals surface area contributed by atoms with Gasteiger partial charge in [0.25, 0.3) is 11.6 Å². The number of carbonyl (C=O) groups excluding carboxylic acids is 2. The van der Waals surface area contributed by atoms with E-state index in [1.165, 1.54) is 12.1 Å². The zero-order chi connectivity index (χ0) is 14.4. The second-order valence-electron chi connectivity index (χ2n) is 3.61. The second-order valence-corrected chi connectivity index (χ2v) is 3.61. The van der Waals surface area contributed by atoms with Gasteiger partial charge in [0.1, 0.15) is 5.69 Å². The van der Waals surface area contributed by atoms with Gasteiger partial charge in [-0.15, -0.1) is 0 Å². The second kappa shape index (κ2) is 6.31. The summed E-state index contributed by atoms with van der Waals surface area (Å²) in [4.78, 5) is 32.3. The standard InChI is InChI=1S/C10H13N5O4/c11-9(16)3-4-13-10(17)6-1-2-7(14-12)8(5-6)15(18)19/h1-2,5,14H,3-4,12H2,(H2,11,16)(H,13,17). The highest BCUT2D eigenvalue weighted by atomic mass is 16.6. The fraction of sp³-hybridized carbons (Fsp3) is 0.200. The van der Waals surface area contributed by atoms with Crippen molar-refractivity contribution < 1.29 is 14.5 Å². The van der Waals surface area contributed by atoms with Crippen molar-refractivity contribution in [3.05, 3.63) is 33.9 Å². The van der Waals surface area contributed by atoms with Crippen molar-refractivity contribution in [3.63, 3.8) is 0 Å². The minimum Gasteiger partial charge on any atom is -0.370 e. The Balaban J connectivity index is 2.83. The fourth-order valence-electron chi connectivity index (χ4n) is 1.35. The van der Waals surface area contributed by atoms with E-state index in [1.54, 1.807) is 0 Å². The molecule has 1 aromatic rings. The van der Waals surface area contributed by atoms with Crippen LogP contribution in [0, 0.1) is 10.1 Å². The third-order valence-electron chi connectivity index (χ3n) is 2.27. The molecule has 0 bridgehead atoms. The van der Waals surface area contributed by atoms with E-state index in [0.717, 1.165) is 6.07 Å². The molecule has 6 N–H and O–H groups in total. The lowest BCUT2D eigenvalue weighted by molar-refractivity contribution is -0.384. The summed E-state index contributed by atoms with van der Waals surface area (Å²) in [6.07, 6.45) is -0.00370. The number of nitrogens with one attached hydrogen (secondary N) is 2. The Labute approximate surface area is 108 Å². The Hall–Kier alpha value is -2.68. The Morgan fingerprint density at radius 2 is 2.05 bits per heavy atom. The van der Waals surface area contributed by atoms with Crippen molar-refractivity contribution in [2.75, 3.05) is 12.0 Å². The predicted octanol–water partition coefficient (Wildman–Crippen LogP) is -0.514. The molecule has 0 aliphatic carbocycles. The largest absolute Gasteiger partial charge is 0.370 e. The summed E-state index contributed by atoms with van der Waals surface area (Å²) in [5, 5.41) is 13.2. The molecule has 0 saturated carbocycles. The summed E-state index contributed by atoms with van der Waals surface area (Å²) in [6, 6.07) is 3.79. The van der Waals surface area contributed by atoms with Gasteiger partial charge in [-0.3, -0.25) is 25.5 Å². The predicted molar refractivity (Wildman–Crippen MR) is 67.1 cm³/mol. The highest BCUT2D eigenvalue weighted by Crippen LogP contribution is 2.24. The molecule has 19 heavy (non-hydrogen) atoms. The van der Waals surface area contributed by atoms with E-state index in [2.05, 4.69) is 10.7 Å². The van der Waals surface area contributed by atoms with E-state index < -0.39 is 16.7 Å². The minimum absolute atomic E-state index is 0.00370. The minimum atomic E-state index is -0.657. The highest BCUT2D eigenvalue weighted by Gasteiger charge is 2.16. The number of hydrazine groups is 1. The smallest absolute Gasteiger partial charge is 0.294 e. The average molecular weight is 267 g/mol. The van der Waals surface area contributed by atoms with Crippen LogP contribution in [0.2, 0.25) is 0 Å². The molecule has 0 radical (unpaired) electrons. The van der Waals surface area contributed by atoms with Gasteiger partial charge in [0.05, 0.1) is 4.92 Å². The van der Waals surface area contributed by atoms with Crippen LogP contribution in [-0.4, -0.2) is 23.3 Å². The van der Waals surface area contributed by atoms with E-state index in [4.69, 9.17) is 11.6 Å². The van der Waals surface area contributed by atoms with Crippen molar-refractivity contribution in [2.24, 2.45) is 11.6 Å². The van der Waals surface area contributed by atoms with Crippen LogP contribution < -0.4 is 22.3 Å². The Kier molecular flexibility index (Phi) is 4.77. The maximum absolute atomic E-state index is 11.7. The summed E-state index contributed by atoms with van der Waals surface area (Å²) in [5.74, 6) is 4.04. The van der Waals surface area contributed by atoms with Crippen molar-refractivity contribution in [3.8, 4) is 0 Å². The summed E-state index contributed by atoms with van der Waals surface area (Å²) < 4.78 is 0. The first-order valence-corrected chi connectivity index (χ1v) is 5.27. The SMILES string of the molecule is NNc1ccc(C(=O)NCCC(N)=O)cc1[N+](=O)[O-]. The van der Waals surface area contributed by atoms with Gasteiger partial charge < -0.3 is 16.5 Å². The number of anilines is 1. The quantitative estimate of drug-likeness (QED) is 0.309. The number of nitro benzene ring substituents is 1. The molecule has 0 heterocycles. The van der Waals surface area contributed by atoms with Crippen LogP contribution >= 0.6 is 0 Å². The van der Waals surface area contributed by atoms with Crippen molar-refractivity contribution in [2.45, 2.75) is 6.42 Å². The molecule has 0 atom stereocenters. The van der Waals surface area contributed by atoms with Crippen molar-refractivity contribution in [1.82, 2.24) is 5.32 Å². The summed E-state index contributed by atoms with van der Waals surface area (Å²) >= 11 is 0. The number of carbonyl (C=O) groups is 2. The molecule has 0 aliphatic heterocycles. The molecule has 1 aromatic carbocycles. The van der Waals surface area contributed by atoms with Gasteiger partial charge in [0.15, 0.2) is 0 Å². The molecule has 0 unspecified atom stereocenters. The Morgan fingerprint density at radius 1 is 1.37 bits per heavy atom. The lowest BCUT2D eigenvalue weighted by Crippen LogP contribution is -2.28. The number of nitrogens with zero attached hydrogens (tertiary/aromatic N) is 1. The molecular weight excluding hydrogens is 254 g/mol. The van der Waals surface area contributed by atoms with E-state index in [0.29, 0.717) is 0 Å². The summed E-state index contributed by atoms with van der Waals surface area (Å²) in [6.45, 7) is 0.0683. The van der Waals surface area contributed by atoms with Crippen LogP contribution in [0.15, 0.2) is 18.2 Å². The molecule has 2 amide bonds. The molecule has 9 nitrogen and oxygen atoms in total. The fourth-order valence-corrected chi connectivity index (χ4v) is 1.35. The first kappa shape index (κ1) is 14.4. The molecule has 0 fully saturated rings. The number of amides is 2. The van der Waals surface area contributed by atoms with Crippen LogP contribution in [0.1, 0.15) is 16.8 Å². The maximum Gasteiger partial charge on any atom is 0.294 e. The lowest BCUT2D eigenvalue weighted by atomic mass is 10.1. The lowest BCUT2D eigenvalue weighted by Gasteiger charge is -2.06. The van der Waals surface area contributed by atoms with Crippen LogP contribution in [0.4, 0.5) is 11.4 Å². The molecular formula is C10H13N5O4. The molecule has 1 rings (SSSR count). The van der Waals surface area contributed by atoms with Gasteiger partial charge in [-0.1, -0.05) is 0 Å². The van der Waals surface area contributed by atoms with E-state index >= 15 is 0 Å². The van der Waals surface area contributed by atoms with Gasteiger partial charge in [-0.2, -0.15) is 0 Å². The molecule has 0 saturated heterocycles. The van der Waals surface area contributed by atoms with Crippen LogP contribution in [0.5, 0.6) is 0 Å². The number of benzene rings is 1. The number of hydrogen-bond acceptors (Lipinski definition) is 6. The zero-order valence-corrected chi connectivity index (χ0v) is 9.88. The number of nitro groups is 1. The van der Waals surface area contributed by atoms with Crippen LogP contribution in [-0.2, 0) is 4.79 Å². The van der Waals surface area contributed by atoms with Gasteiger partial charge >= 0.3 is 0 Å². The Morgan fingerprint density at radius 3 is 2.58 bits per heavy atom. The van der Waals surface area contributed by atoms with E-state index in [1.807, 2.05) is 0 Å². The number of nitrogens with two attached hydrogens (primary N) is 2. The first-order chi connectivity index (χ1) is 8.95. The third-order valence-corrected chi connectivity index (χ3v) is 2.27. The van der Waals surface area contributed by atoms with E-state index in [-0.39, 0.29) is 29.9 Å². The Bertz CT molecular complexity index is 517. The van der Waals surface area contributed by atoms with E-state index in [9.17, 15) is 19.7 Å². The normalized spacial score (nSPS) is 9.74. The van der Waals surface area contributed by atoms with Gasteiger partial charge in [0, 0.05) is 24.6 Å². The van der Waals surface area contributed by atoms with Crippen LogP contribution in [0.3, 0.4) is 0 Å². The summed E-state index contributed by atoms with van der Waals surface area (Å²) in [7, 11) is 0. The molecule has 102 valence electrons. The van der Waals surface area contributed by atoms with Gasteiger partial charge in [0.2, 0.25) is 5.91 Å². The number of hydrogen-bond donors (Lipinski definition) is 4. The maximum atomic E-state index is 11.7. The van der Waals surface area contributed by atoms with Crippen molar-refractivity contribution >= 4 is 23.2 Å². The number of nitrogen functional groups attached to an aromatic ring is 1. The molecule has 9 heteroatoms. The van der Waals surface area contributed by atoms with Gasteiger partial charge in [-0.05, 0) is 12.1 Å². The van der Waals surface area contributed by atoms with Crippen LogP contribution in [0.25, 0.3) is 0 Å². The number of rotatable bonds is 6. The topological polar surface area (TPSA) is 153 Å².